The molecule has 0 radical (unpaired) electrons. The van der Waals surface area contributed by atoms with Crippen LogP contribution >= 0.6 is 0 Å². The molecule has 0 aliphatic carbocycles. The van der Waals surface area contributed by atoms with Gasteiger partial charge in [0.2, 0.25) is 0 Å². The molecule has 2 aromatic heterocycles. The minimum absolute atomic E-state index is 0.675. The van der Waals surface area contributed by atoms with Crippen molar-refractivity contribution in [3.8, 4) is 5.69 Å². The first kappa shape index (κ1) is 6.84. The van der Waals surface area contributed by atoms with Crippen LogP contribution in [0.1, 0.15) is 0 Å². The highest BCUT2D eigenvalue weighted by Gasteiger charge is 1.99. The zero-order valence-corrected chi connectivity index (χ0v) is 6.38. The fourth-order valence-corrected chi connectivity index (χ4v) is 1.000. The van der Waals surface area contributed by atoms with Crippen molar-refractivity contribution in [3.63, 3.8) is 0 Å². The molecular formula is C8H8N4. The number of aromatic nitrogens is 3. The van der Waals surface area contributed by atoms with E-state index in [0.29, 0.717) is 5.69 Å². The van der Waals surface area contributed by atoms with Gasteiger partial charge in [-0.25, -0.2) is 4.68 Å². The van der Waals surface area contributed by atoms with Crippen LogP contribution in [0.2, 0.25) is 0 Å². The Hall–Kier alpha value is -1.84. The first-order valence-corrected chi connectivity index (χ1v) is 3.57. The second kappa shape index (κ2) is 2.65. The molecule has 0 saturated carbocycles. The Kier molecular flexibility index (Phi) is 1.51. The van der Waals surface area contributed by atoms with Crippen molar-refractivity contribution in [3.05, 3.63) is 36.9 Å². The summed E-state index contributed by atoms with van der Waals surface area (Å²) in [6.07, 6.45) is 6.87. The van der Waals surface area contributed by atoms with Crippen LogP contribution in [0.4, 0.5) is 5.69 Å². The maximum atomic E-state index is 5.71. The molecular weight excluding hydrogens is 152 g/mol. The van der Waals surface area contributed by atoms with Gasteiger partial charge >= 0.3 is 0 Å². The first-order valence-electron chi connectivity index (χ1n) is 3.57. The van der Waals surface area contributed by atoms with Crippen LogP contribution in [-0.4, -0.2) is 14.8 Å². The fraction of sp³-hybridized carbons (Fsp3) is 0. The number of anilines is 1. The highest BCUT2D eigenvalue weighted by Crippen LogP contribution is 2.12. The predicted molar refractivity (Wildman–Crippen MR) is 45.8 cm³/mol. The van der Waals surface area contributed by atoms with Crippen molar-refractivity contribution in [1.82, 2.24) is 14.8 Å². The van der Waals surface area contributed by atoms with Gasteiger partial charge in [0.15, 0.2) is 0 Å². The summed E-state index contributed by atoms with van der Waals surface area (Å²) >= 11 is 0. The zero-order valence-electron chi connectivity index (χ0n) is 6.38. The predicted octanol–water partition coefficient (Wildman–Crippen LogP) is 0.849. The van der Waals surface area contributed by atoms with E-state index in [9.17, 15) is 0 Å². The Morgan fingerprint density at radius 3 is 2.92 bits per heavy atom. The van der Waals surface area contributed by atoms with Gasteiger partial charge in [-0.05, 0) is 12.1 Å². The van der Waals surface area contributed by atoms with E-state index in [1.54, 1.807) is 29.3 Å². The lowest BCUT2D eigenvalue weighted by atomic mass is 10.3. The Morgan fingerprint density at radius 1 is 1.33 bits per heavy atom. The first-order chi connectivity index (χ1) is 5.88. The SMILES string of the molecule is Nc1ccncc1-n1cccn1. The lowest BCUT2D eigenvalue weighted by Crippen LogP contribution is -2.00. The molecule has 0 bridgehead atoms. The van der Waals surface area contributed by atoms with E-state index in [2.05, 4.69) is 10.1 Å². The van der Waals surface area contributed by atoms with Crippen molar-refractivity contribution in [1.29, 1.82) is 0 Å². The quantitative estimate of drug-likeness (QED) is 0.672. The Labute approximate surface area is 69.7 Å². The highest BCUT2D eigenvalue weighted by molar-refractivity contribution is 5.54. The number of nitrogens with two attached hydrogens (primary N) is 1. The van der Waals surface area contributed by atoms with Crippen LogP contribution in [-0.2, 0) is 0 Å². The van der Waals surface area contributed by atoms with Crippen LogP contribution in [0, 0.1) is 0 Å². The van der Waals surface area contributed by atoms with E-state index < -0.39 is 0 Å². The van der Waals surface area contributed by atoms with Gasteiger partial charge < -0.3 is 5.73 Å². The largest absolute Gasteiger partial charge is 0.397 e. The molecule has 0 spiro atoms. The van der Waals surface area contributed by atoms with Crippen LogP contribution in [0.5, 0.6) is 0 Å². The number of pyridine rings is 1. The smallest absolute Gasteiger partial charge is 0.106 e. The molecule has 0 unspecified atom stereocenters. The molecule has 0 atom stereocenters. The molecule has 2 aromatic rings. The number of rotatable bonds is 1. The van der Waals surface area contributed by atoms with E-state index >= 15 is 0 Å². The van der Waals surface area contributed by atoms with E-state index in [4.69, 9.17) is 5.73 Å². The van der Waals surface area contributed by atoms with E-state index in [1.807, 2.05) is 12.3 Å². The molecule has 0 aromatic carbocycles. The maximum Gasteiger partial charge on any atom is 0.106 e. The van der Waals surface area contributed by atoms with Gasteiger partial charge in [0.25, 0.3) is 0 Å². The average molecular weight is 160 g/mol. The molecule has 0 fully saturated rings. The minimum atomic E-state index is 0.675. The average Bonchev–Trinajstić information content (AvgIpc) is 2.57. The monoisotopic (exact) mass is 160 g/mol. The topological polar surface area (TPSA) is 56.7 Å². The molecule has 4 heteroatoms. The normalized spacial score (nSPS) is 10.0. The van der Waals surface area contributed by atoms with Gasteiger partial charge in [0.05, 0.1) is 11.9 Å². The molecule has 0 saturated heterocycles. The highest BCUT2D eigenvalue weighted by atomic mass is 15.3. The zero-order chi connectivity index (χ0) is 8.39. The molecule has 0 aliphatic heterocycles. The van der Waals surface area contributed by atoms with Crippen LogP contribution in [0.3, 0.4) is 0 Å². The molecule has 60 valence electrons. The van der Waals surface area contributed by atoms with Gasteiger partial charge in [-0.3, -0.25) is 4.98 Å². The second-order valence-corrected chi connectivity index (χ2v) is 2.39. The Bertz CT molecular complexity index is 366. The third-order valence-corrected chi connectivity index (χ3v) is 1.58. The number of nitrogens with zero attached hydrogens (tertiary/aromatic N) is 3. The van der Waals surface area contributed by atoms with Crippen LogP contribution in [0.15, 0.2) is 36.9 Å². The summed E-state index contributed by atoms with van der Waals surface area (Å²) in [7, 11) is 0. The molecule has 12 heavy (non-hydrogen) atoms. The summed E-state index contributed by atoms with van der Waals surface area (Å²) in [6, 6.07) is 3.59. The summed E-state index contributed by atoms with van der Waals surface area (Å²) in [5, 5.41) is 4.04. The molecule has 0 aliphatic rings. The standard InChI is InChI=1S/C8H8N4/c9-7-2-4-10-6-8(7)12-5-1-3-11-12/h1-6H,(H2,9,10). The van der Waals surface area contributed by atoms with Crippen molar-refractivity contribution < 1.29 is 0 Å². The van der Waals surface area contributed by atoms with Gasteiger partial charge in [-0.2, -0.15) is 5.10 Å². The van der Waals surface area contributed by atoms with Crippen molar-refractivity contribution in [2.24, 2.45) is 0 Å². The van der Waals surface area contributed by atoms with Gasteiger partial charge in [-0.15, -0.1) is 0 Å². The summed E-state index contributed by atoms with van der Waals surface area (Å²) in [5.41, 5.74) is 7.19. The summed E-state index contributed by atoms with van der Waals surface area (Å²) in [6.45, 7) is 0. The Morgan fingerprint density at radius 2 is 2.25 bits per heavy atom. The van der Waals surface area contributed by atoms with Crippen molar-refractivity contribution >= 4 is 5.69 Å². The maximum absolute atomic E-state index is 5.71. The van der Waals surface area contributed by atoms with E-state index in [-0.39, 0.29) is 0 Å². The van der Waals surface area contributed by atoms with Gasteiger partial charge in [-0.1, -0.05) is 0 Å². The molecule has 2 rings (SSSR count). The summed E-state index contributed by atoms with van der Waals surface area (Å²) in [4.78, 5) is 3.96. The summed E-state index contributed by atoms with van der Waals surface area (Å²) in [5.74, 6) is 0. The van der Waals surface area contributed by atoms with Crippen molar-refractivity contribution in [2.75, 3.05) is 5.73 Å². The third-order valence-electron chi connectivity index (χ3n) is 1.58. The molecule has 0 amide bonds. The molecule has 2 N–H and O–H groups in total. The van der Waals surface area contributed by atoms with Crippen LogP contribution in [0.25, 0.3) is 5.69 Å². The molecule has 4 nitrogen and oxygen atoms in total. The third kappa shape index (κ3) is 1.03. The number of nitrogen functional groups attached to an aromatic ring is 1. The molecule has 2 heterocycles. The summed E-state index contributed by atoms with van der Waals surface area (Å²) < 4.78 is 1.68. The van der Waals surface area contributed by atoms with Crippen LogP contribution < -0.4 is 5.73 Å². The van der Waals surface area contributed by atoms with Gasteiger partial charge in [0, 0.05) is 18.6 Å². The number of hydrogen-bond donors (Lipinski definition) is 1. The Balaban J connectivity index is 2.55. The number of hydrogen-bond acceptors (Lipinski definition) is 3. The lowest BCUT2D eigenvalue weighted by Gasteiger charge is -2.02. The van der Waals surface area contributed by atoms with Crippen molar-refractivity contribution in [2.45, 2.75) is 0 Å². The van der Waals surface area contributed by atoms with E-state index in [1.165, 1.54) is 0 Å². The lowest BCUT2D eigenvalue weighted by molar-refractivity contribution is 0.876. The minimum Gasteiger partial charge on any atom is -0.397 e. The second-order valence-electron chi connectivity index (χ2n) is 2.39. The fourth-order valence-electron chi connectivity index (χ4n) is 1.000. The van der Waals surface area contributed by atoms with Gasteiger partial charge in [0.1, 0.15) is 5.69 Å². The van der Waals surface area contributed by atoms with E-state index in [0.717, 1.165) is 5.69 Å².